The Balaban J connectivity index is 1.56. The number of hydrogen-bond acceptors (Lipinski definition) is 2. The highest BCUT2D eigenvalue weighted by atomic mass is 35.5. The van der Waals surface area contributed by atoms with Gasteiger partial charge in [-0.1, -0.05) is 29.8 Å². The third-order valence-corrected chi connectivity index (χ3v) is 4.47. The first-order valence-electron chi connectivity index (χ1n) is 8.10. The molecule has 1 aliphatic heterocycles. The summed E-state index contributed by atoms with van der Waals surface area (Å²) in [6.45, 7) is 1.83. The minimum atomic E-state index is -0.429. The van der Waals surface area contributed by atoms with Crippen LogP contribution in [0.2, 0.25) is 5.02 Å². The third kappa shape index (κ3) is 4.37. The average Bonchev–Trinajstić information content (AvgIpc) is 2.61. The van der Waals surface area contributed by atoms with Gasteiger partial charge in [-0.2, -0.15) is 0 Å². The molecular weight excluding hydrogens is 343 g/mol. The lowest BCUT2D eigenvalue weighted by molar-refractivity contribution is -0.131. The summed E-state index contributed by atoms with van der Waals surface area (Å²) in [6.07, 6.45) is 0.290. The summed E-state index contributed by atoms with van der Waals surface area (Å²) in [5.74, 6) is -0.622. The lowest BCUT2D eigenvalue weighted by Crippen LogP contribution is -2.51. The van der Waals surface area contributed by atoms with Crippen molar-refractivity contribution in [2.45, 2.75) is 6.42 Å². The summed E-state index contributed by atoms with van der Waals surface area (Å²) < 4.78 is 13.3. The van der Waals surface area contributed by atoms with Crippen LogP contribution in [-0.2, 0) is 11.2 Å². The van der Waals surface area contributed by atoms with Crippen LogP contribution < -0.4 is 0 Å². The molecule has 1 aliphatic rings. The van der Waals surface area contributed by atoms with Gasteiger partial charge < -0.3 is 9.80 Å². The number of rotatable bonds is 3. The van der Waals surface area contributed by atoms with Crippen LogP contribution in [0.25, 0.3) is 0 Å². The number of benzene rings is 2. The highest BCUT2D eigenvalue weighted by Gasteiger charge is 2.25. The van der Waals surface area contributed by atoms with Gasteiger partial charge in [0.1, 0.15) is 5.82 Å². The number of piperazine rings is 1. The molecule has 3 rings (SSSR count). The van der Waals surface area contributed by atoms with Crippen LogP contribution in [0.4, 0.5) is 4.39 Å². The maximum absolute atomic E-state index is 13.3. The second-order valence-electron chi connectivity index (χ2n) is 5.99. The molecule has 6 heteroatoms. The molecule has 0 N–H and O–H groups in total. The molecule has 1 fully saturated rings. The summed E-state index contributed by atoms with van der Waals surface area (Å²) in [4.78, 5) is 28.2. The zero-order chi connectivity index (χ0) is 17.8. The molecule has 0 saturated carbocycles. The van der Waals surface area contributed by atoms with Gasteiger partial charge >= 0.3 is 0 Å². The smallest absolute Gasteiger partial charge is 0.254 e. The quantitative estimate of drug-likeness (QED) is 0.844. The molecule has 0 aliphatic carbocycles. The Morgan fingerprint density at radius 2 is 1.64 bits per heavy atom. The normalized spacial score (nSPS) is 14.5. The molecule has 0 atom stereocenters. The van der Waals surface area contributed by atoms with E-state index < -0.39 is 5.82 Å². The van der Waals surface area contributed by atoms with Crippen LogP contribution >= 0.6 is 11.6 Å². The van der Waals surface area contributed by atoms with Crippen molar-refractivity contribution in [3.8, 4) is 0 Å². The first-order valence-corrected chi connectivity index (χ1v) is 8.48. The Hall–Kier alpha value is -2.40. The maximum atomic E-state index is 13.3. The Kier molecular flexibility index (Phi) is 5.34. The Labute approximate surface area is 150 Å². The first kappa shape index (κ1) is 17.4. The molecule has 25 heavy (non-hydrogen) atoms. The molecule has 0 spiro atoms. The summed E-state index contributed by atoms with van der Waals surface area (Å²) in [5, 5.41) is 0.607. The molecule has 0 radical (unpaired) electrons. The first-order chi connectivity index (χ1) is 12.0. The minimum Gasteiger partial charge on any atom is -0.339 e. The second kappa shape index (κ2) is 7.66. The van der Waals surface area contributed by atoms with Gasteiger partial charge in [0, 0.05) is 36.8 Å². The van der Waals surface area contributed by atoms with Crippen LogP contribution in [0.3, 0.4) is 0 Å². The predicted octanol–water partition coefficient (Wildman–Crippen LogP) is 3.01. The minimum absolute atomic E-state index is 0.0140. The van der Waals surface area contributed by atoms with Crippen molar-refractivity contribution in [2.24, 2.45) is 0 Å². The fourth-order valence-electron chi connectivity index (χ4n) is 2.90. The molecule has 1 saturated heterocycles. The SMILES string of the molecule is O=C(Cc1cccc(Cl)c1)N1CCN(C(=O)c2cccc(F)c2)CC1. The molecule has 0 aromatic heterocycles. The van der Waals surface area contributed by atoms with E-state index in [9.17, 15) is 14.0 Å². The highest BCUT2D eigenvalue weighted by molar-refractivity contribution is 6.30. The van der Waals surface area contributed by atoms with Gasteiger partial charge in [0.15, 0.2) is 0 Å². The van der Waals surface area contributed by atoms with E-state index in [2.05, 4.69) is 0 Å². The molecule has 2 aromatic carbocycles. The zero-order valence-corrected chi connectivity index (χ0v) is 14.4. The Morgan fingerprint density at radius 1 is 0.960 bits per heavy atom. The molecule has 0 bridgehead atoms. The number of halogens is 2. The summed E-state index contributed by atoms with van der Waals surface area (Å²) in [7, 11) is 0. The Morgan fingerprint density at radius 3 is 2.32 bits per heavy atom. The number of carbonyl (C=O) groups excluding carboxylic acids is 2. The number of hydrogen-bond donors (Lipinski definition) is 0. The predicted molar refractivity (Wildman–Crippen MR) is 94.0 cm³/mol. The van der Waals surface area contributed by atoms with Crippen LogP contribution in [0.1, 0.15) is 15.9 Å². The van der Waals surface area contributed by atoms with Gasteiger partial charge in [0.25, 0.3) is 5.91 Å². The fraction of sp³-hybridized carbons (Fsp3) is 0.263. The van der Waals surface area contributed by atoms with Crippen LogP contribution in [0.15, 0.2) is 48.5 Å². The standard InChI is InChI=1S/C19H18ClFN2O2/c20-16-5-1-3-14(11-16)12-18(24)22-7-9-23(10-8-22)19(25)15-4-2-6-17(21)13-15/h1-6,11,13H,7-10,12H2. The molecule has 130 valence electrons. The van der Waals surface area contributed by atoms with E-state index in [1.54, 1.807) is 28.0 Å². The zero-order valence-electron chi connectivity index (χ0n) is 13.6. The molecule has 2 amide bonds. The maximum Gasteiger partial charge on any atom is 0.254 e. The van der Waals surface area contributed by atoms with Crippen molar-refractivity contribution >= 4 is 23.4 Å². The van der Waals surface area contributed by atoms with E-state index in [4.69, 9.17) is 11.6 Å². The largest absolute Gasteiger partial charge is 0.339 e. The van der Waals surface area contributed by atoms with Gasteiger partial charge in [-0.05, 0) is 35.9 Å². The van der Waals surface area contributed by atoms with Crippen molar-refractivity contribution in [2.75, 3.05) is 26.2 Å². The van der Waals surface area contributed by atoms with Crippen LogP contribution in [0.5, 0.6) is 0 Å². The molecule has 0 unspecified atom stereocenters. The van der Waals surface area contributed by atoms with Crippen LogP contribution in [-0.4, -0.2) is 47.8 Å². The van der Waals surface area contributed by atoms with E-state index >= 15 is 0 Å². The van der Waals surface area contributed by atoms with Gasteiger partial charge in [-0.25, -0.2) is 4.39 Å². The number of nitrogens with zero attached hydrogens (tertiary/aromatic N) is 2. The lowest BCUT2D eigenvalue weighted by atomic mass is 10.1. The van der Waals surface area contributed by atoms with E-state index in [1.807, 2.05) is 12.1 Å². The summed E-state index contributed by atoms with van der Waals surface area (Å²) >= 11 is 5.94. The molecule has 2 aromatic rings. The van der Waals surface area contributed by atoms with E-state index in [1.165, 1.54) is 18.2 Å². The van der Waals surface area contributed by atoms with Gasteiger partial charge in [0.05, 0.1) is 6.42 Å². The lowest BCUT2D eigenvalue weighted by Gasteiger charge is -2.35. The summed E-state index contributed by atoms with van der Waals surface area (Å²) in [6, 6.07) is 12.9. The van der Waals surface area contributed by atoms with E-state index in [0.717, 1.165) is 5.56 Å². The fourth-order valence-corrected chi connectivity index (χ4v) is 3.11. The monoisotopic (exact) mass is 360 g/mol. The number of amides is 2. The highest BCUT2D eigenvalue weighted by Crippen LogP contribution is 2.14. The van der Waals surface area contributed by atoms with Gasteiger partial charge in [-0.3, -0.25) is 9.59 Å². The van der Waals surface area contributed by atoms with Crippen molar-refractivity contribution in [3.05, 3.63) is 70.5 Å². The molecule has 4 nitrogen and oxygen atoms in total. The molecule has 1 heterocycles. The third-order valence-electron chi connectivity index (χ3n) is 4.24. The van der Waals surface area contributed by atoms with E-state index in [0.29, 0.717) is 43.2 Å². The van der Waals surface area contributed by atoms with Gasteiger partial charge in [0.2, 0.25) is 5.91 Å². The van der Waals surface area contributed by atoms with Crippen LogP contribution in [0, 0.1) is 5.82 Å². The molecular formula is C19H18ClFN2O2. The van der Waals surface area contributed by atoms with Gasteiger partial charge in [-0.15, -0.1) is 0 Å². The van der Waals surface area contributed by atoms with Crippen molar-refractivity contribution < 1.29 is 14.0 Å². The number of carbonyl (C=O) groups is 2. The van der Waals surface area contributed by atoms with Crippen molar-refractivity contribution in [3.63, 3.8) is 0 Å². The Bertz CT molecular complexity index is 788. The summed E-state index contributed by atoms with van der Waals surface area (Å²) in [5.41, 5.74) is 1.20. The average molecular weight is 361 g/mol. The van der Waals surface area contributed by atoms with Crippen molar-refractivity contribution in [1.82, 2.24) is 9.80 Å². The topological polar surface area (TPSA) is 40.6 Å². The second-order valence-corrected chi connectivity index (χ2v) is 6.43. The van der Waals surface area contributed by atoms with E-state index in [-0.39, 0.29) is 11.8 Å². The van der Waals surface area contributed by atoms with Crippen molar-refractivity contribution in [1.29, 1.82) is 0 Å².